The summed E-state index contributed by atoms with van der Waals surface area (Å²) in [6.07, 6.45) is 0.602. The molecule has 2 aromatic rings. The van der Waals surface area contributed by atoms with Crippen LogP contribution < -0.4 is 9.64 Å². The van der Waals surface area contributed by atoms with Gasteiger partial charge in [-0.3, -0.25) is 4.90 Å². The Morgan fingerprint density at radius 1 is 1.09 bits per heavy atom. The number of hydrogen-bond donors (Lipinski definition) is 0. The van der Waals surface area contributed by atoms with Crippen molar-refractivity contribution in [3.8, 4) is 5.75 Å². The molecule has 0 radical (unpaired) electrons. The number of morpholine rings is 1. The van der Waals surface area contributed by atoms with Crippen molar-refractivity contribution in [2.75, 3.05) is 44.4 Å². The predicted molar refractivity (Wildman–Crippen MR) is 162 cm³/mol. The SMILES string of the molecule is CC[C@@H]1C[C@H](N(Cc2cc(Cl)cc(C(F)(F)F)c2)c2ncc(OCCN3CCOCC3)cn2)C[C@H](CC)N1C(=O)OC(C)C. The lowest BCUT2D eigenvalue weighted by molar-refractivity contribution is -0.137. The van der Waals surface area contributed by atoms with Gasteiger partial charge in [-0.2, -0.15) is 13.2 Å². The lowest BCUT2D eigenvalue weighted by Crippen LogP contribution is -2.57. The van der Waals surface area contributed by atoms with E-state index < -0.39 is 11.7 Å². The number of likely N-dealkylation sites (tertiary alicyclic amines) is 1. The van der Waals surface area contributed by atoms with E-state index in [4.69, 9.17) is 25.8 Å². The summed E-state index contributed by atoms with van der Waals surface area (Å²) in [4.78, 5) is 28.3. The molecule has 44 heavy (non-hydrogen) atoms. The quantitative estimate of drug-likeness (QED) is 0.278. The summed E-state index contributed by atoms with van der Waals surface area (Å²) in [6.45, 7) is 12.1. The second-order valence-corrected chi connectivity index (χ2v) is 12.0. The van der Waals surface area contributed by atoms with Crippen LogP contribution in [0.1, 0.15) is 64.5 Å². The molecule has 9 nitrogen and oxygen atoms in total. The Bertz CT molecular complexity index is 1200. The smallest absolute Gasteiger partial charge is 0.416 e. The van der Waals surface area contributed by atoms with Gasteiger partial charge in [0, 0.05) is 49.3 Å². The van der Waals surface area contributed by atoms with Crippen LogP contribution in [0.5, 0.6) is 5.75 Å². The van der Waals surface area contributed by atoms with E-state index in [1.54, 1.807) is 12.4 Å². The number of ether oxygens (including phenoxy) is 3. The van der Waals surface area contributed by atoms with Gasteiger partial charge in [0.2, 0.25) is 5.95 Å². The first-order valence-corrected chi connectivity index (χ1v) is 15.7. The third-order valence-electron chi connectivity index (χ3n) is 8.09. The lowest BCUT2D eigenvalue weighted by atomic mass is 9.87. The maximum Gasteiger partial charge on any atom is 0.416 e. The molecule has 0 spiro atoms. The number of aromatic nitrogens is 2. The zero-order chi connectivity index (χ0) is 31.9. The number of carbonyl (C=O) groups excluding carboxylic acids is 1. The van der Waals surface area contributed by atoms with Crippen LogP contribution in [0.2, 0.25) is 5.02 Å². The van der Waals surface area contributed by atoms with Crippen molar-refractivity contribution in [1.29, 1.82) is 0 Å². The average Bonchev–Trinajstić information content (AvgIpc) is 2.99. The van der Waals surface area contributed by atoms with E-state index in [1.165, 1.54) is 6.07 Å². The van der Waals surface area contributed by atoms with Crippen LogP contribution in [0.15, 0.2) is 30.6 Å². The van der Waals surface area contributed by atoms with Crippen LogP contribution in [0.25, 0.3) is 0 Å². The highest BCUT2D eigenvalue weighted by Crippen LogP contribution is 2.36. The second-order valence-electron chi connectivity index (χ2n) is 11.6. The number of nitrogens with zero attached hydrogens (tertiary/aromatic N) is 5. The van der Waals surface area contributed by atoms with Gasteiger partial charge in [-0.25, -0.2) is 14.8 Å². The fourth-order valence-corrected chi connectivity index (χ4v) is 6.16. The van der Waals surface area contributed by atoms with Gasteiger partial charge in [-0.05, 0) is 63.3 Å². The molecule has 0 saturated carbocycles. The van der Waals surface area contributed by atoms with Gasteiger partial charge in [0.1, 0.15) is 6.61 Å². The summed E-state index contributed by atoms with van der Waals surface area (Å²) in [6, 6.07) is 3.17. The zero-order valence-corrected chi connectivity index (χ0v) is 26.6. The van der Waals surface area contributed by atoms with Crippen molar-refractivity contribution in [3.05, 3.63) is 46.7 Å². The molecule has 1 aromatic heterocycles. The maximum absolute atomic E-state index is 13.7. The van der Waals surface area contributed by atoms with Crippen molar-refractivity contribution >= 4 is 23.6 Å². The van der Waals surface area contributed by atoms with Crippen LogP contribution in [-0.2, 0) is 22.2 Å². The van der Waals surface area contributed by atoms with Gasteiger partial charge in [0.05, 0.1) is 37.3 Å². The molecule has 244 valence electrons. The van der Waals surface area contributed by atoms with Crippen LogP contribution in [0, 0.1) is 0 Å². The molecule has 3 heterocycles. The largest absolute Gasteiger partial charge is 0.489 e. The van der Waals surface area contributed by atoms with Gasteiger partial charge in [0.25, 0.3) is 0 Å². The second kappa shape index (κ2) is 15.4. The highest BCUT2D eigenvalue weighted by atomic mass is 35.5. The number of piperidine rings is 1. The van der Waals surface area contributed by atoms with Crippen LogP contribution in [0.4, 0.5) is 23.9 Å². The molecule has 0 N–H and O–H groups in total. The van der Waals surface area contributed by atoms with Crippen molar-refractivity contribution in [1.82, 2.24) is 19.8 Å². The number of alkyl halides is 3. The van der Waals surface area contributed by atoms with Gasteiger partial charge >= 0.3 is 12.3 Å². The number of benzene rings is 1. The third-order valence-corrected chi connectivity index (χ3v) is 8.31. The van der Waals surface area contributed by atoms with E-state index in [9.17, 15) is 18.0 Å². The van der Waals surface area contributed by atoms with Gasteiger partial charge in [-0.15, -0.1) is 0 Å². The van der Waals surface area contributed by atoms with E-state index in [1.807, 2.05) is 37.5 Å². The number of halogens is 4. The average molecular weight is 642 g/mol. The van der Waals surface area contributed by atoms with E-state index in [0.717, 1.165) is 31.8 Å². The minimum Gasteiger partial charge on any atom is -0.489 e. The number of rotatable bonds is 11. The summed E-state index contributed by atoms with van der Waals surface area (Å²) in [7, 11) is 0. The molecule has 2 saturated heterocycles. The van der Waals surface area contributed by atoms with E-state index >= 15 is 0 Å². The van der Waals surface area contributed by atoms with Crippen molar-refractivity contribution in [3.63, 3.8) is 0 Å². The molecule has 0 bridgehead atoms. The molecule has 1 amide bonds. The Morgan fingerprint density at radius 2 is 1.73 bits per heavy atom. The van der Waals surface area contributed by atoms with Gasteiger partial charge in [0.15, 0.2) is 5.75 Å². The first-order chi connectivity index (χ1) is 21.0. The summed E-state index contributed by atoms with van der Waals surface area (Å²) >= 11 is 6.15. The third kappa shape index (κ3) is 9.10. The summed E-state index contributed by atoms with van der Waals surface area (Å²) < 4.78 is 57.8. The number of anilines is 1. The Balaban J connectivity index is 1.59. The lowest BCUT2D eigenvalue weighted by Gasteiger charge is -2.47. The number of carbonyl (C=O) groups is 1. The Hall–Kier alpha value is -2.83. The van der Waals surface area contributed by atoms with E-state index in [0.29, 0.717) is 62.8 Å². The highest BCUT2D eigenvalue weighted by Gasteiger charge is 2.41. The molecule has 13 heteroatoms. The van der Waals surface area contributed by atoms with Crippen LogP contribution in [0.3, 0.4) is 0 Å². The van der Waals surface area contributed by atoms with E-state index in [-0.39, 0.29) is 41.9 Å². The van der Waals surface area contributed by atoms with E-state index in [2.05, 4.69) is 14.9 Å². The monoisotopic (exact) mass is 641 g/mol. The minimum absolute atomic E-state index is 0.00355. The Labute approximate surface area is 262 Å². The standard InChI is InChI=1S/C31H43ClF3N5O4/c1-5-25-16-27(17-26(6-2)40(25)30(41)44-21(3)4)39(20-22-13-23(31(33,34)35)15-24(32)14-22)29-36-18-28(19-37-29)43-12-9-38-7-10-42-11-8-38/h13-15,18-19,21,25-27H,5-12,16-17,20H2,1-4H3/t25-,26+,27+. The Morgan fingerprint density at radius 3 is 2.30 bits per heavy atom. The predicted octanol–water partition coefficient (Wildman–Crippen LogP) is 6.43. The molecule has 2 fully saturated rings. The van der Waals surface area contributed by atoms with Crippen LogP contribution in [-0.4, -0.2) is 89.5 Å². The van der Waals surface area contributed by atoms with Crippen LogP contribution >= 0.6 is 11.6 Å². The highest BCUT2D eigenvalue weighted by molar-refractivity contribution is 6.30. The normalized spacial score (nSPS) is 21.4. The van der Waals surface area contributed by atoms with Gasteiger partial charge < -0.3 is 24.0 Å². The fourth-order valence-electron chi connectivity index (χ4n) is 5.91. The summed E-state index contributed by atoms with van der Waals surface area (Å²) in [5, 5.41) is 0.00355. The Kier molecular flexibility index (Phi) is 12.0. The first-order valence-electron chi connectivity index (χ1n) is 15.4. The zero-order valence-electron chi connectivity index (χ0n) is 25.9. The minimum atomic E-state index is -4.54. The fraction of sp³-hybridized carbons (Fsp3) is 0.645. The molecule has 2 aliphatic heterocycles. The molecule has 0 aliphatic carbocycles. The number of hydrogen-bond acceptors (Lipinski definition) is 8. The molecule has 0 unspecified atom stereocenters. The van der Waals surface area contributed by atoms with Gasteiger partial charge in [-0.1, -0.05) is 25.4 Å². The molecule has 4 rings (SSSR count). The van der Waals surface area contributed by atoms with Crippen molar-refractivity contribution in [2.24, 2.45) is 0 Å². The molecule has 1 aromatic carbocycles. The maximum atomic E-state index is 13.7. The summed E-state index contributed by atoms with van der Waals surface area (Å²) in [5.41, 5.74) is -0.420. The topological polar surface area (TPSA) is 80.3 Å². The molecular formula is C31H43ClF3N5O4. The first kappa shape index (κ1) is 34.1. The molecule has 2 aliphatic rings. The van der Waals surface area contributed by atoms with Crippen molar-refractivity contribution in [2.45, 2.75) is 90.3 Å². The molecular weight excluding hydrogens is 599 g/mol. The summed E-state index contributed by atoms with van der Waals surface area (Å²) in [5.74, 6) is 0.875. The molecule has 3 atom stereocenters. The van der Waals surface area contributed by atoms with Crippen molar-refractivity contribution < 1.29 is 32.2 Å². The number of amides is 1.